The van der Waals surface area contributed by atoms with E-state index in [1.807, 2.05) is 12.1 Å². The van der Waals surface area contributed by atoms with Crippen molar-refractivity contribution in [3.63, 3.8) is 0 Å². The van der Waals surface area contributed by atoms with Crippen molar-refractivity contribution < 1.29 is 22.7 Å². The number of hydrogen-bond acceptors (Lipinski definition) is 5. The number of nitrogens with one attached hydrogen (secondary N) is 1. The molecule has 1 heterocycles. The highest BCUT2D eigenvalue weighted by Crippen LogP contribution is 2.31. The van der Waals surface area contributed by atoms with Crippen LogP contribution in [-0.2, 0) is 14.8 Å². The van der Waals surface area contributed by atoms with Crippen LogP contribution in [0.15, 0.2) is 42.5 Å². The molecule has 9 heteroatoms. The molecule has 28 heavy (non-hydrogen) atoms. The summed E-state index contributed by atoms with van der Waals surface area (Å²) < 4.78 is 36.9. The number of ether oxygens (including phenoxy) is 2. The molecular formula is C19H21ClN2O5S. The number of nitrogens with zero attached hydrogens (tertiary/aromatic N) is 1. The summed E-state index contributed by atoms with van der Waals surface area (Å²) in [7, 11) is -3.68. The van der Waals surface area contributed by atoms with Crippen LogP contribution in [0.1, 0.15) is 5.56 Å². The van der Waals surface area contributed by atoms with Crippen LogP contribution < -0.4 is 19.1 Å². The van der Waals surface area contributed by atoms with Gasteiger partial charge in [-0.2, -0.15) is 0 Å². The van der Waals surface area contributed by atoms with Crippen molar-refractivity contribution in [3.8, 4) is 11.5 Å². The zero-order chi connectivity index (χ0) is 20.3. The minimum absolute atomic E-state index is 0.194. The van der Waals surface area contributed by atoms with Gasteiger partial charge < -0.3 is 14.8 Å². The predicted octanol–water partition coefficient (Wildman–Crippen LogP) is 2.37. The molecule has 150 valence electrons. The van der Waals surface area contributed by atoms with Crippen molar-refractivity contribution in [2.24, 2.45) is 0 Å². The van der Waals surface area contributed by atoms with Gasteiger partial charge >= 0.3 is 0 Å². The van der Waals surface area contributed by atoms with Gasteiger partial charge in [-0.15, -0.1) is 0 Å². The Hall–Kier alpha value is -2.45. The van der Waals surface area contributed by atoms with Crippen LogP contribution in [-0.4, -0.2) is 46.4 Å². The summed E-state index contributed by atoms with van der Waals surface area (Å²) in [4.78, 5) is 12.4. The van der Waals surface area contributed by atoms with Gasteiger partial charge in [0.1, 0.15) is 19.3 Å². The molecule has 0 saturated heterocycles. The zero-order valence-electron chi connectivity index (χ0n) is 15.5. The fourth-order valence-electron chi connectivity index (χ4n) is 2.83. The van der Waals surface area contributed by atoms with E-state index in [-0.39, 0.29) is 19.2 Å². The predicted molar refractivity (Wildman–Crippen MR) is 108 cm³/mol. The molecule has 0 saturated carbocycles. The first kappa shape index (κ1) is 20.3. The van der Waals surface area contributed by atoms with E-state index in [4.69, 9.17) is 21.1 Å². The van der Waals surface area contributed by atoms with E-state index >= 15 is 0 Å². The highest BCUT2D eigenvalue weighted by molar-refractivity contribution is 7.92. The molecule has 0 unspecified atom stereocenters. The third-order valence-electron chi connectivity index (χ3n) is 4.29. The number of carbonyl (C=O) groups excluding carboxylic acids is 1. The number of halogens is 1. The lowest BCUT2D eigenvalue weighted by Crippen LogP contribution is -2.45. The van der Waals surface area contributed by atoms with Crippen molar-refractivity contribution in [3.05, 3.63) is 53.1 Å². The molecule has 0 spiro atoms. The van der Waals surface area contributed by atoms with E-state index < -0.39 is 15.9 Å². The van der Waals surface area contributed by atoms with E-state index in [2.05, 4.69) is 5.32 Å². The second-order valence-electron chi connectivity index (χ2n) is 6.46. The van der Waals surface area contributed by atoms with Crippen molar-refractivity contribution in [2.45, 2.75) is 13.0 Å². The number of fused-ring (bicyclic) bond motifs is 1. The van der Waals surface area contributed by atoms with E-state index in [1.54, 1.807) is 37.3 Å². The average molecular weight is 425 g/mol. The summed E-state index contributed by atoms with van der Waals surface area (Å²) >= 11 is 6.10. The number of rotatable bonds is 6. The lowest BCUT2D eigenvalue weighted by molar-refractivity contribution is -0.120. The minimum Gasteiger partial charge on any atom is -0.486 e. The molecule has 1 atom stereocenters. The van der Waals surface area contributed by atoms with Crippen molar-refractivity contribution >= 4 is 33.2 Å². The summed E-state index contributed by atoms with van der Waals surface area (Å²) in [6.45, 7) is 1.84. The van der Waals surface area contributed by atoms with Crippen LogP contribution in [0.25, 0.3) is 0 Å². The van der Waals surface area contributed by atoms with Gasteiger partial charge in [0, 0.05) is 5.02 Å². The maximum absolute atomic E-state index is 12.4. The van der Waals surface area contributed by atoms with Gasteiger partial charge in [0.05, 0.1) is 18.5 Å². The molecule has 1 aliphatic rings. The molecule has 0 aliphatic carbocycles. The van der Waals surface area contributed by atoms with Gasteiger partial charge in [-0.25, -0.2) is 8.42 Å². The lowest BCUT2D eigenvalue weighted by atomic mass is 10.2. The molecule has 7 nitrogen and oxygen atoms in total. The van der Waals surface area contributed by atoms with Crippen LogP contribution >= 0.6 is 11.6 Å². The van der Waals surface area contributed by atoms with Crippen LogP contribution in [0.2, 0.25) is 5.02 Å². The van der Waals surface area contributed by atoms with Crippen molar-refractivity contribution in [1.82, 2.24) is 5.32 Å². The standard InChI is InChI=1S/C19H21ClN2O5S/c1-13-15(20)6-5-7-16(13)22(28(2,24)25)11-19(23)21-10-14-12-26-17-8-3-4-9-18(17)27-14/h3-9,14H,10-12H2,1-2H3,(H,21,23)/t14-/m1/s1. The first-order valence-electron chi connectivity index (χ1n) is 8.63. The molecule has 0 fully saturated rings. The van der Waals surface area contributed by atoms with E-state index in [9.17, 15) is 13.2 Å². The van der Waals surface area contributed by atoms with E-state index in [1.165, 1.54) is 0 Å². The monoisotopic (exact) mass is 424 g/mol. The molecule has 2 aromatic rings. The number of amides is 1. The van der Waals surface area contributed by atoms with Gasteiger partial charge in [-0.1, -0.05) is 29.8 Å². The second-order valence-corrected chi connectivity index (χ2v) is 8.77. The normalized spacial score (nSPS) is 15.8. The maximum atomic E-state index is 12.4. The van der Waals surface area contributed by atoms with Gasteiger partial charge in [-0.3, -0.25) is 9.10 Å². The van der Waals surface area contributed by atoms with Gasteiger partial charge in [0.15, 0.2) is 11.5 Å². The minimum atomic E-state index is -3.68. The Morgan fingerprint density at radius 3 is 2.64 bits per heavy atom. The third kappa shape index (κ3) is 4.69. The van der Waals surface area contributed by atoms with Crippen LogP contribution in [0.3, 0.4) is 0 Å². The quantitative estimate of drug-likeness (QED) is 0.769. The molecule has 1 N–H and O–H groups in total. The van der Waals surface area contributed by atoms with Gasteiger partial charge in [-0.05, 0) is 36.8 Å². The van der Waals surface area contributed by atoms with Crippen LogP contribution in [0.5, 0.6) is 11.5 Å². The molecule has 0 aromatic heterocycles. The maximum Gasteiger partial charge on any atom is 0.240 e. The highest BCUT2D eigenvalue weighted by atomic mass is 35.5. The van der Waals surface area contributed by atoms with E-state index in [0.717, 1.165) is 10.6 Å². The highest BCUT2D eigenvalue weighted by Gasteiger charge is 2.25. The van der Waals surface area contributed by atoms with Crippen LogP contribution in [0, 0.1) is 6.92 Å². The number of sulfonamides is 1. The Morgan fingerprint density at radius 2 is 1.93 bits per heavy atom. The number of carbonyl (C=O) groups is 1. The fourth-order valence-corrected chi connectivity index (χ4v) is 3.90. The molecule has 1 aliphatic heterocycles. The average Bonchev–Trinajstić information content (AvgIpc) is 2.66. The summed E-state index contributed by atoms with van der Waals surface area (Å²) in [6, 6.07) is 12.2. The Morgan fingerprint density at radius 1 is 1.21 bits per heavy atom. The molecule has 1 amide bonds. The van der Waals surface area contributed by atoms with Crippen molar-refractivity contribution in [1.29, 1.82) is 0 Å². The number of benzene rings is 2. The van der Waals surface area contributed by atoms with Gasteiger partial charge in [0.25, 0.3) is 0 Å². The summed E-state index contributed by atoms with van der Waals surface area (Å²) in [5, 5.41) is 3.14. The smallest absolute Gasteiger partial charge is 0.240 e. The van der Waals surface area contributed by atoms with Crippen LogP contribution in [0.4, 0.5) is 5.69 Å². The number of hydrogen-bond donors (Lipinski definition) is 1. The molecule has 3 rings (SSSR count). The Labute approximate surface area is 169 Å². The summed E-state index contributed by atoms with van der Waals surface area (Å²) in [5.74, 6) is 0.817. The second kappa shape index (κ2) is 8.28. The third-order valence-corrected chi connectivity index (χ3v) is 5.83. The Kier molecular flexibility index (Phi) is 6.00. The summed E-state index contributed by atoms with van der Waals surface area (Å²) in [5.41, 5.74) is 0.958. The largest absolute Gasteiger partial charge is 0.486 e. The van der Waals surface area contributed by atoms with E-state index in [0.29, 0.717) is 34.4 Å². The molecule has 2 aromatic carbocycles. The zero-order valence-corrected chi connectivity index (χ0v) is 17.1. The number of anilines is 1. The SMILES string of the molecule is Cc1c(Cl)cccc1N(CC(=O)NC[C@@H]1COc2ccccc2O1)S(C)(=O)=O. The topological polar surface area (TPSA) is 84.9 Å². The molecule has 0 bridgehead atoms. The summed E-state index contributed by atoms with van der Waals surface area (Å²) in [6.07, 6.45) is 0.689. The van der Waals surface area contributed by atoms with Crippen molar-refractivity contribution in [2.75, 3.05) is 30.3 Å². The Balaban J connectivity index is 1.64. The first-order chi connectivity index (χ1) is 13.3. The Bertz CT molecular complexity index is 980. The van der Waals surface area contributed by atoms with Gasteiger partial charge in [0.2, 0.25) is 15.9 Å². The number of para-hydroxylation sites is 2. The molecular weight excluding hydrogens is 404 g/mol. The lowest BCUT2D eigenvalue weighted by Gasteiger charge is -2.27. The molecule has 0 radical (unpaired) electrons. The first-order valence-corrected chi connectivity index (χ1v) is 10.9. The fraction of sp³-hybridized carbons (Fsp3) is 0.316.